The molecule has 0 amide bonds. The zero-order chi connectivity index (χ0) is 10.1. The van der Waals surface area contributed by atoms with Crippen molar-refractivity contribution in [3.63, 3.8) is 0 Å². The lowest BCUT2D eigenvalue weighted by atomic mass is 9.68. The molecule has 0 aromatic heterocycles. The van der Waals surface area contributed by atoms with E-state index in [0.717, 1.165) is 25.2 Å². The van der Waals surface area contributed by atoms with Crippen molar-refractivity contribution in [1.82, 2.24) is 0 Å². The summed E-state index contributed by atoms with van der Waals surface area (Å²) in [5.74, 6) is 1.05. The minimum absolute atomic E-state index is 0.143. The Bertz CT molecular complexity index is 178. The smallest absolute Gasteiger partial charge is 0.0602 e. The van der Waals surface area contributed by atoms with Gasteiger partial charge in [0.15, 0.2) is 0 Å². The maximum absolute atomic E-state index is 9.68. The second-order valence-electron chi connectivity index (χ2n) is 5.34. The molecule has 1 aliphatic rings. The summed E-state index contributed by atoms with van der Waals surface area (Å²) in [5, 5.41) is 9.68. The van der Waals surface area contributed by atoms with Gasteiger partial charge in [-0.3, -0.25) is 0 Å². The fourth-order valence-corrected chi connectivity index (χ4v) is 2.23. The molecule has 1 aliphatic carbocycles. The zero-order valence-electron chi connectivity index (χ0n) is 9.09. The Morgan fingerprint density at radius 3 is 2.38 bits per heavy atom. The van der Waals surface area contributed by atoms with Gasteiger partial charge in [0.25, 0.3) is 0 Å². The summed E-state index contributed by atoms with van der Waals surface area (Å²) in [6, 6.07) is 0. The number of hydrogen-bond donors (Lipinski definition) is 1. The van der Waals surface area contributed by atoms with Gasteiger partial charge in [-0.15, -0.1) is 6.58 Å². The van der Waals surface area contributed by atoms with E-state index in [9.17, 15) is 5.11 Å². The summed E-state index contributed by atoms with van der Waals surface area (Å²) in [7, 11) is 0. The molecule has 0 aliphatic heterocycles. The van der Waals surface area contributed by atoms with Crippen molar-refractivity contribution in [1.29, 1.82) is 0 Å². The number of rotatable bonds is 1. The molecule has 13 heavy (non-hydrogen) atoms. The fourth-order valence-electron chi connectivity index (χ4n) is 2.23. The van der Waals surface area contributed by atoms with Crippen molar-refractivity contribution >= 4 is 0 Å². The van der Waals surface area contributed by atoms with Crippen molar-refractivity contribution in [3.8, 4) is 0 Å². The molecule has 0 radical (unpaired) electrons. The van der Waals surface area contributed by atoms with Crippen molar-refractivity contribution in [2.75, 3.05) is 0 Å². The first kappa shape index (κ1) is 10.8. The van der Waals surface area contributed by atoms with Gasteiger partial charge in [-0.2, -0.15) is 0 Å². The second-order valence-corrected chi connectivity index (χ2v) is 5.34. The summed E-state index contributed by atoms with van der Waals surface area (Å²) >= 11 is 0. The standard InChI is InChI=1S/C12H22O/c1-5-9-8-10(12(2,3)4)6-7-11(9)13/h5,9-11,13H,1,6-8H2,2-4H3. The first-order valence-corrected chi connectivity index (χ1v) is 5.25. The molecule has 0 heterocycles. The third-order valence-electron chi connectivity index (χ3n) is 3.39. The van der Waals surface area contributed by atoms with Crippen LogP contribution in [0.2, 0.25) is 0 Å². The largest absolute Gasteiger partial charge is 0.393 e. The Morgan fingerprint density at radius 1 is 1.31 bits per heavy atom. The summed E-state index contributed by atoms with van der Waals surface area (Å²) in [6.07, 6.45) is 4.99. The molecule has 0 spiro atoms. The minimum Gasteiger partial charge on any atom is -0.393 e. The van der Waals surface area contributed by atoms with E-state index in [1.807, 2.05) is 6.08 Å². The molecule has 1 rings (SSSR count). The Balaban J connectivity index is 2.60. The summed E-state index contributed by atoms with van der Waals surface area (Å²) in [4.78, 5) is 0. The minimum atomic E-state index is -0.143. The summed E-state index contributed by atoms with van der Waals surface area (Å²) in [6.45, 7) is 10.7. The molecule has 1 heteroatoms. The monoisotopic (exact) mass is 182 g/mol. The van der Waals surface area contributed by atoms with E-state index in [0.29, 0.717) is 11.3 Å². The van der Waals surface area contributed by atoms with Crippen molar-refractivity contribution < 1.29 is 5.11 Å². The van der Waals surface area contributed by atoms with Crippen LogP contribution in [0.25, 0.3) is 0 Å². The SMILES string of the molecule is C=CC1CC(C(C)(C)C)CCC1O. The van der Waals surface area contributed by atoms with Gasteiger partial charge in [0.1, 0.15) is 0 Å². The Labute approximate surface area is 81.9 Å². The second kappa shape index (κ2) is 3.83. The van der Waals surface area contributed by atoms with Crippen LogP contribution in [0.4, 0.5) is 0 Å². The van der Waals surface area contributed by atoms with Gasteiger partial charge in [-0.25, -0.2) is 0 Å². The van der Waals surface area contributed by atoms with Gasteiger partial charge in [-0.1, -0.05) is 26.8 Å². The van der Waals surface area contributed by atoms with E-state index in [2.05, 4.69) is 27.4 Å². The van der Waals surface area contributed by atoms with Crippen molar-refractivity contribution in [3.05, 3.63) is 12.7 Å². The highest BCUT2D eigenvalue weighted by Crippen LogP contribution is 2.40. The Kier molecular flexibility index (Phi) is 3.18. The van der Waals surface area contributed by atoms with E-state index in [1.165, 1.54) is 0 Å². The molecular formula is C12H22O. The quantitative estimate of drug-likeness (QED) is 0.618. The normalized spacial score (nSPS) is 35.8. The summed E-state index contributed by atoms with van der Waals surface area (Å²) < 4.78 is 0. The molecular weight excluding hydrogens is 160 g/mol. The fraction of sp³-hybridized carbons (Fsp3) is 0.833. The number of hydrogen-bond acceptors (Lipinski definition) is 1. The van der Waals surface area contributed by atoms with Gasteiger partial charge >= 0.3 is 0 Å². The molecule has 76 valence electrons. The van der Waals surface area contributed by atoms with Crippen LogP contribution >= 0.6 is 0 Å². The number of aliphatic hydroxyl groups is 1. The molecule has 1 nitrogen and oxygen atoms in total. The van der Waals surface area contributed by atoms with Gasteiger partial charge in [-0.05, 0) is 30.6 Å². The molecule has 0 aromatic carbocycles. The van der Waals surface area contributed by atoms with E-state index in [-0.39, 0.29) is 6.10 Å². The molecule has 3 atom stereocenters. The average Bonchev–Trinajstić information content (AvgIpc) is 2.03. The van der Waals surface area contributed by atoms with Crippen LogP contribution in [-0.4, -0.2) is 11.2 Å². The van der Waals surface area contributed by atoms with Crippen LogP contribution in [0.3, 0.4) is 0 Å². The van der Waals surface area contributed by atoms with Gasteiger partial charge < -0.3 is 5.11 Å². The van der Waals surface area contributed by atoms with Crippen LogP contribution in [0.1, 0.15) is 40.0 Å². The number of aliphatic hydroxyl groups excluding tert-OH is 1. The molecule has 1 fully saturated rings. The van der Waals surface area contributed by atoms with Crippen LogP contribution in [-0.2, 0) is 0 Å². The lowest BCUT2D eigenvalue weighted by molar-refractivity contribution is 0.0393. The van der Waals surface area contributed by atoms with E-state index < -0.39 is 0 Å². The Hall–Kier alpha value is -0.300. The van der Waals surface area contributed by atoms with Crippen LogP contribution in [0, 0.1) is 17.3 Å². The molecule has 0 saturated heterocycles. The predicted molar refractivity (Wildman–Crippen MR) is 56.5 cm³/mol. The van der Waals surface area contributed by atoms with Crippen LogP contribution in [0.5, 0.6) is 0 Å². The van der Waals surface area contributed by atoms with Gasteiger partial charge in [0.2, 0.25) is 0 Å². The first-order valence-electron chi connectivity index (χ1n) is 5.25. The highest BCUT2D eigenvalue weighted by Gasteiger charge is 2.33. The van der Waals surface area contributed by atoms with Crippen molar-refractivity contribution in [2.45, 2.75) is 46.1 Å². The maximum atomic E-state index is 9.68. The molecule has 0 bridgehead atoms. The molecule has 3 unspecified atom stereocenters. The van der Waals surface area contributed by atoms with Crippen LogP contribution < -0.4 is 0 Å². The molecule has 1 saturated carbocycles. The van der Waals surface area contributed by atoms with Gasteiger partial charge in [0.05, 0.1) is 6.10 Å². The lowest BCUT2D eigenvalue weighted by Gasteiger charge is -2.39. The third-order valence-corrected chi connectivity index (χ3v) is 3.39. The third kappa shape index (κ3) is 2.57. The molecule has 1 N–H and O–H groups in total. The van der Waals surface area contributed by atoms with Crippen LogP contribution in [0.15, 0.2) is 12.7 Å². The Morgan fingerprint density at radius 2 is 1.92 bits per heavy atom. The molecule has 0 aromatic rings. The van der Waals surface area contributed by atoms with E-state index >= 15 is 0 Å². The van der Waals surface area contributed by atoms with Crippen molar-refractivity contribution in [2.24, 2.45) is 17.3 Å². The van der Waals surface area contributed by atoms with E-state index in [1.54, 1.807) is 0 Å². The zero-order valence-corrected chi connectivity index (χ0v) is 9.09. The first-order chi connectivity index (χ1) is 5.95. The van der Waals surface area contributed by atoms with E-state index in [4.69, 9.17) is 0 Å². The average molecular weight is 182 g/mol. The topological polar surface area (TPSA) is 20.2 Å². The highest BCUT2D eigenvalue weighted by molar-refractivity contribution is 4.92. The maximum Gasteiger partial charge on any atom is 0.0602 e. The lowest BCUT2D eigenvalue weighted by Crippen LogP contribution is -2.33. The highest BCUT2D eigenvalue weighted by atomic mass is 16.3. The van der Waals surface area contributed by atoms with Gasteiger partial charge in [0, 0.05) is 5.92 Å². The summed E-state index contributed by atoms with van der Waals surface area (Å²) in [5.41, 5.74) is 0.376. The predicted octanol–water partition coefficient (Wildman–Crippen LogP) is 3.00.